The molecule has 0 radical (unpaired) electrons. The molecule has 0 unspecified atom stereocenters. The summed E-state index contributed by atoms with van der Waals surface area (Å²) in [4.78, 5) is 23.6. The van der Waals surface area contributed by atoms with Crippen molar-refractivity contribution >= 4 is 23.2 Å². The van der Waals surface area contributed by atoms with Crippen molar-refractivity contribution in [1.82, 2.24) is 4.57 Å². The Morgan fingerprint density at radius 3 is 2.61 bits per heavy atom. The van der Waals surface area contributed by atoms with Crippen molar-refractivity contribution in [2.75, 3.05) is 0 Å². The topological polar surface area (TPSA) is 74.3 Å². The van der Waals surface area contributed by atoms with E-state index in [2.05, 4.69) is 0 Å². The highest BCUT2D eigenvalue weighted by Crippen LogP contribution is 2.00. The van der Waals surface area contributed by atoms with Gasteiger partial charge in [-0.1, -0.05) is 12.2 Å². The number of hydrogen-bond acceptors (Lipinski definition) is 4. The molecule has 0 aliphatic rings. The Kier molecular flexibility index (Phi) is 4.61. The fraction of sp³-hybridized carbons (Fsp3) is 0.417. The van der Waals surface area contributed by atoms with E-state index in [0.29, 0.717) is 5.69 Å². The molecule has 1 aromatic heterocycles. The summed E-state index contributed by atoms with van der Waals surface area (Å²) in [7, 11) is 0. The van der Waals surface area contributed by atoms with E-state index in [9.17, 15) is 9.59 Å². The van der Waals surface area contributed by atoms with Gasteiger partial charge in [-0.25, -0.2) is 0 Å². The van der Waals surface area contributed by atoms with Gasteiger partial charge in [0.05, 0.1) is 11.7 Å². The molecule has 1 heterocycles. The Hall–Kier alpha value is -1.69. The molecular formula is C12H16N2O3S. The Bertz CT molecular complexity index is 535. The van der Waals surface area contributed by atoms with Gasteiger partial charge in [-0.15, -0.1) is 0 Å². The second-order valence-electron chi connectivity index (χ2n) is 4.18. The smallest absolute Gasteiger partial charge is 0.326 e. The normalized spacial score (nSPS) is 10.4. The fourth-order valence-corrected chi connectivity index (χ4v) is 1.64. The predicted molar refractivity (Wildman–Crippen MR) is 72.6 cm³/mol. The summed E-state index contributed by atoms with van der Waals surface area (Å²) in [5.74, 6) is -0.463. The first kappa shape index (κ1) is 14.4. The lowest BCUT2D eigenvalue weighted by molar-refractivity contribution is -0.148. The summed E-state index contributed by atoms with van der Waals surface area (Å²) in [6.45, 7) is 5.09. The number of nitrogens with two attached hydrogens (primary N) is 1. The van der Waals surface area contributed by atoms with Gasteiger partial charge in [0.1, 0.15) is 11.5 Å². The molecule has 0 atom stereocenters. The number of pyridine rings is 1. The van der Waals surface area contributed by atoms with Crippen LogP contribution in [-0.2, 0) is 16.1 Å². The molecule has 0 saturated heterocycles. The minimum Gasteiger partial charge on any atom is -0.462 e. The molecule has 0 aliphatic carbocycles. The maximum Gasteiger partial charge on any atom is 0.326 e. The quantitative estimate of drug-likeness (QED) is 0.644. The van der Waals surface area contributed by atoms with Gasteiger partial charge in [0, 0.05) is 5.69 Å². The average molecular weight is 268 g/mol. The van der Waals surface area contributed by atoms with E-state index in [1.165, 1.54) is 4.57 Å². The number of aromatic nitrogens is 1. The van der Waals surface area contributed by atoms with Crippen molar-refractivity contribution in [2.24, 2.45) is 5.73 Å². The molecule has 1 rings (SSSR count). The zero-order valence-electron chi connectivity index (χ0n) is 10.6. The number of rotatable bonds is 4. The number of nitrogens with zero attached hydrogens (tertiary/aromatic N) is 1. The number of thiocarbonyl (C=S) groups is 1. The van der Waals surface area contributed by atoms with Gasteiger partial charge in [-0.05, 0) is 32.9 Å². The number of esters is 1. The van der Waals surface area contributed by atoms with E-state index in [0.717, 1.165) is 0 Å². The number of carbonyl (C=O) groups excluding carboxylic acids is 1. The van der Waals surface area contributed by atoms with Gasteiger partial charge in [-0.3, -0.25) is 9.59 Å². The van der Waals surface area contributed by atoms with Crippen LogP contribution in [0.1, 0.15) is 25.1 Å². The van der Waals surface area contributed by atoms with Crippen molar-refractivity contribution in [2.45, 2.75) is 33.4 Å². The minimum absolute atomic E-state index is 0.0194. The Morgan fingerprint density at radius 2 is 2.11 bits per heavy atom. The van der Waals surface area contributed by atoms with Gasteiger partial charge in [-0.2, -0.15) is 0 Å². The lowest BCUT2D eigenvalue weighted by atomic mass is 10.2. The van der Waals surface area contributed by atoms with Crippen LogP contribution in [0.5, 0.6) is 0 Å². The van der Waals surface area contributed by atoms with Crippen LogP contribution in [-0.4, -0.2) is 21.6 Å². The van der Waals surface area contributed by atoms with E-state index >= 15 is 0 Å². The van der Waals surface area contributed by atoms with Crippen LogP contribution < -0.4 is 11.3 Å². The number of hydrogen-bond donors (Lipinski definition) is 1. The standard InChI is InChI=1S/C12H16N2O3S/c1-7(2)17-10(15)6-14-8(3)4-5-9(11(13)18)12(14)16/h4-5,7H,6H2,1-3H3,(H2,13,18). The SMILES string of the molecule is Cc1ccc(C(N)=S)c(=O)n1CC(=O)OC(C)C. The molecule has 0 bridgehead atoms. The highest BCUT2D eigenvalue weighted by atomic mass is 32.1. The molecule has 0 amide bonds. The largest absolute Gasteiger partial charge is 0.462 e. The van der Waals surface area contributed by atoms with E-state index in [1.54, 1.807) is 32.9 Å². The molecule has 18 heavy (non-hydrogen) atoms. The van der Waals surface area contributed by atoms with Gasteiger partial charge < -0.3 is 15.0 Å². The molecule has 6 heteroatoms. The molecule has 0 spiro atoms. The maximum absolute atomic E-state index is 12.0. The van der Waals surface area contributed by atoms with Crippen molar-refractivity contribution in [3.63, 3.8) is 0 Å². The summed E-state index contributed by atoms with van der Waals surface area (Å²) >= 11 is 4.78. The zero-order valence-corrected chi connectivity index (χ0v) is 11.4. The summed E-state index contributed by atoms with van der Waals surface area (Å²) in [6, 6.07) is 3.25. The summed E-state index contributed by atoms with van der Waals surface area (Å²) < 4.78 is 6.31. The van der Waals surface area contributed by atoms with E-state index < -0.39 is 5.97 Å². The van der Waals surface area contributed by atoms with Crippen molar-refractivity contribution in [1.29, 1.82) is 0 Å². The molecule has 0 saturated carbocycles. The molecular weight excluding hydrogens is 252 g/mol. The predicted octanol–water partition coefficient (Wildman–Crippen LogP) is 0.743. The molecule has 0 fully saturated rings. The second-order valence-corrected chi connectivity index (χ2v) is 4.62. The number of ether oxygens (including phenoxy) is 1. The van der Waals surface area contributed by atoms with Crippen LogP contribution in [0.4, 0.5) is 0 Å². The summed E-state index contributed by atoms with van der Waals surface area (Å²) in [5, 5.41) is 0. The second kappa shape index (κ2) is 5.77. The third-order valence-corrected chi connectivity index (χ3v) is 2.53. The Labute approximate surface area is 111 Å². The summed E-state index contributed by atoms with van der Waals surface area (Å²) in [6.07, 6.45) is -0.215. The first-order valence-corrected chi connectivity index (χ1v) is 5.93. The van der Waals surface area contributed by atoms with Crippen LogP contribution in [0, 0.1) is 6.92 Å². The van der Waals surface area contributed by atoms with Crippen LogP contribution in [0.15, 0.2) is 16.9 Å². The molecule has 1 aromatic rings. The monoisotopic (exact) mass is 268 g/mol. The van der Waals surface area contributed by atoms with Crippen LogP contribution in [0.2, 0.25) is 0 Å². The summed E-state index contributed by atoms with van der Waals surface area (Å²) in [5.41, 5.74) is 5.96. The first-order valence-electron chi connectivity index (χ1n) is 5.52. The molecule has 98 valence electrons. The molecule has 2 N–H and O–H groups in total. The highest BCUT2D eigenvalue weighted by molar-refractivity contribution is 7.80. The molecule has 0 aromatic carbocycles. The molecule has 5 nitrogen and oxygen atoms in total. The Balaban J connectivity index is 3.09. The van der Waals surface area contributed by atoms with Crippen molar-refractivity contribution in [3.05, 3.63) is 33.7 Å². The van der Waals surface area contributed by atoms with Crippen LogP contribution in [0.25, 0.3) is 0 Å². The van der Waals surface area contributed by atoms with Crippen LogP contribution in [0.3, 0.4) is 0 Å². The third-order valence-electron chi connectivity index (χ3n) is 2.31. The molecule has 0 aliphatic heterocycles. The van der Waals surface area contributed by atoms with Gasteiger partial charge in [0.25, 0.3) is 5.56 Å². The lowest BCUT2D eigenvalue weighted by Gasteiger charge is -2.12. The average Bonchev–Trinajstić information content (AvgIpc) is 2.22. The van der Waals surface area contributed by atoms with Crippen molar-refractivity contribution < 1.29 is 9.53 Å². The van der Waals surface area contributed by atoms with Gasteiger partial charge in [0.15, 0.2) is 0 Å². The van der Waals surface area contributed by atoms with Crippen LogP contribution >= 0.6 is 12.2 Å². The zero-order chi connectivity index (χ0) is 13.9. The van der Waals surface area contributed by atoms with Crippen molar-refractivity contribution in [3.8, 4) is 0 Å². The van der Waals surface area contributed by atoms with E-state index in [1.807, 2.05) is 0 Å². The number of carbonyl (C=O) groups is 1. The Morgan fingerprint density at radius 1 is 1.50 bits per heavy atom. The lowest BCUT2D eigenvalue weighted by Crippen LogP contribution is -2.33. The maximum atomic E-state index is 12.0. The minimum atomic E-state index is -0.463. The van der Waals surface area contributed by atoms with E-state index in [-0.39, 0.29) is 28.8 Å². The van der Waals surface area contributed by atoms with Gasteiger partial charge >= 0.3 is 5.97 Å². The fourth-order valence-electron chi connectivity index (χ4n) is 1.48. The number of aryl methyl sites for hydroxylation is 1. The highest BCUT2D eigenvalue weighted by Gasteiger charge is 2.13. The third kappa shape index (κ3) is 3.40. The van der Waals surface area contributed by atoms with Gasteiger partial charge in [0.2, 0.25) is 0 Å². The van der Waals surface area contributed by atoms with E-state index in [4.69, 9.17) is 22.7 Å². The first-order chi connectivity index (χ1) is 8.32.